The van der Waals surface area contributed by atoms with Crippen LogP contribution in [0, 0.1) is 0 Å². The Morgan fingerprint density at radius 2 is 1.75 bits per heavy atom. The molecular formula is C14H20FN. The monoisotopic (exact) mass is 221 g/mol. The van der Waals surface area contributed by atoms with E-state index < -0.39 is 5.67 Å². The number of nitrogens with zero attached hydrogens (tertiary/aromatic N) is 1. The van der Waals surface area contributed by atoms with Gasteiger partial charge in [0.15, 0.2) is 0 Å². The van der Waals surface area contributed by atoms with Crippen LogP contribution >= 0.6 is 0 Å². The fourth-order valence-corrected chi connectivity index (χ4v) is 2.97. The van der Waals surface area contributed by atoms with E-state index >= 15 is 0 Å². The summed E-state index contributed by atoms with van der Waals surface area (Å²) in [5, 5.41) is 0. The lowest BCUT2D eigenvalue weighted by Gasteiger charge is -2.56. The molecule has 1 fully saturated rings. The summed E-state index contributed by atoms with van der Waals surface area (Å²) >= 11 is 0. The lowest BCUT2D eigenvalue weighted by molar-refractivity contribution is -0.0643. The van der Waals surface area contributed by atoms with Crippen molar-refractivity contribution in [1.82, 2.24) is 4.90 Å². The Hall–Kier alpha value is -0.890. The molecule has 3 atom stereocenters. The van der Waals surface area contributed by atoms with Gasteiger partial charge in [-0.05, 0) is 33.4 Å². The van der Waals surface area contributed by atoms with Crippen LogP contribution in [0.1, 0.15) is 32.3 Å². The van der Waals surface area contributed by atoms with Crippen molar-refractivity contribution >= 4 is 0 Å². The molecule has 1 aromatic carbocycles. The second-order valence-electron chi connectivity index (χ2n) is 5.35. The van der Waals surface area contributed by atoms with E-state index in [0.717, 1.165) is 0 Å². The Kier molecular flexibility index (Phi) is 2.79. The van der Waals surface area contributed by atoms with Crippen LogP contribution in [-0.4, -0.2) is 29.7 Å². The van der Waals surface area contributed by atoms with Gasteiger partial charge in [0.2, 0.25) is 0 Å². The van der Waals surface area contributed by atoms with Crippen molar-refractivity contribution in [2.24, 2.45) is 0 Å². The Balaban J connectivity index is 2.28. The van der Waals surface area contributed by atoms with Gasteiger partial charge in [-0.25, -0.2) is 4.39 Å². The van der Waals surface area contributed by atoms with Crippen LogP contribution in [0.2, 0.25) is 0 Å². The highest BCUT2D eigenvalue weighted by atomic mass is 19.1. The number of alkyl halides is 1. The molecule has 1 aromatic rings. The Labute approximate surface area is 97.3 Å². The van der Waals surface area contributed by atoms with Crippen LogP contribution in [0.4, 0.5) is 4.39 Å². The smallest absolute Gasteiger partial charge is 0.121 e. The third-order valence-electron chi connectivity index (χ3n) is 3.83. The summed E-state index contributed by atoms with van der Waals surface area (Å²) in [5.74, 6) is 0.311. The molecule has 2 heteroatoms. The average Bonchev–Trinajstić information content (AvgIpc) is 2.23. The molecule has 0 spiro atoms. The predicted molar refractivity (Wildman–Crippen MR) is 65.4 cm³/mol. The Morgan fingerprint density at radius 1 is 1.19 bits per heavy atom. The molecule has 1 aliphatic rings. The van der Waals surface area contributed by atoms with Crippen molar-refractivity contribution < 1.29 is 4.39 Å². The van der Waals surface area contributed by atoms with Crippen LogP contribution in [0.5, 0.6) is 0 Å². The van der Waals surface area contributed by atoms with E-state index in [9.17, 15) is 4.39 Å². The maximum Gasteiger partial charge on any atom is 0.121 e. The van der Waals surface area contributed by atoms with Crippen molar-refractivity contribution in [3.63, 3.8) is 0 Å². The highest BCUT2D eigenvalue weighted by Crippen LogP contribution is 2.45. The molecule has 1 aliphatic heterocycles. The SMILES string of the molecule is C[C@H]1[C@H](c2ccccc2)[C@H](C(C)(C)F)N1C. The van der Waals surface area contributed by atoms with Gasteiger partial charge in [-0.15, -0.1) is 0 Å². The standard InChI is InChI=1S/C14H20FN/c1-10-12(11-8-6-5-7-9-11)13(16(10)4)14(2,3)15/h5-10,12-13H,1-4H3/t10-,12+,13+/m0/s1. The fourth-order valence-electron chi connectivity index (χ4n) is 2.97. The average molecular weight is 221 g/mol. The topological polar surface area (TPSA) is 3.24 Å². The zero-order valence-electron chi connectivity index (χ0n) is 10.4. The van der Waals surface area contributed by atoms with Gasteiger partial charge in [0.25, 0.3) is 0 Å². The van der Waals surface area contributed by atoms with E-state index in [2.05, 4.69) is 24.0 Å². The molecule has 0 bridgehead atoms. The van der Waals surface area contributed by atoms with Gasteiger partial charge in [0, 0.05) is 12.0 Å². The summed E-state index contributed by atoms with van der Waals surface area (Å²) in [6, 6.07) is 10.7. The van der Waals surface area contributed by atoms with Crippen molar-refractivity contribution in [2.75, 3.05) is 7.05 Å². The van der Waals surface area contributed by atoms with Crippen LogP contribution in [0.25, 0.3) is 0 Å². The maximum absolute atomic E-state index is 14.2. The molecule has 0 saturated carbocycles. The molecular weight excluding hydrogens is 201 g/mol. The molecule has 1 heterocycles. The summed E-state index contributed by atoms with van der Waals surface area (Å²) in [6.45, 7) is 5.52. The second-order valence-corrected chi connectivity index (χ2v) is 5.35. The van der Waals surface area contributed by atoms with Crippen LogP contribution < -0.4 is 0 Å². The first-order valence-electron chi connectivity index (χ1n) is 5.88. The van der Waals surface area contributed by atoms with Crippen molar-refractivity contribution in [2.45, 2.75) is 44.4 Å². The summed E-state index contributed by atoms with van der Waals surface area (Å²) in [4.78, 5) is 2.14. The van der Waals surface area contributed by atoms with E-state index in [1.807, 2.05) is 25.2 Å². The van der Waals surface area contributed by atoms with Crippen molar-refractivity contribution in [3.8, 4) is 0 Å². The van der Waals surface area contributed by atoms with Gasteiger partial charge in [0.1, 0.15) is 5.67 Å². The third-order valence-corrected chi connectivity index (χ3v) is 3.83. The molecule has 1 saturated heterocycles. The number of benzene rings is 1. The fraction of sp³-hybridized carbons (Fsp3) is 0.571. The number of hydrogen-bond donors (Lipinski definition) is 0. The second kappa shape index (κ2) is 3.85. The van der Waals surface area contributed by atoms with Gasteiger partial charge < -0.3 is 0 Å². The minimum Gasteiger partial charge on any atom is -0.296 e. The summed E-state index contributed by atoms with van der Waals surface area (Å²) in [7, 11) is 2.01. The van der Waals surface area contributed by atoms with Gasteiger partial charge in [0.05, 0.1) is 6.04 Å². The van der Waals surface area contributed by atoms with Gasteiger partial charge >= 0.3 is 0 Å². The minimum atomic E-state index is -1.15. The van der Waals surface area contributed by atoms with E-state index in [1.165, 1.54) is 5.56 Å². The number of hydrogen-bond acceptors (Lipinski definition) is 1. The molecule has 16 heavy (non-hydrogen) atoms. The number of halogens is 1. The quantitative estimate of drug-likeness (QED) is 0.741. The van der Waals surface area contributed by atoms with Crippen molar-refractivity contribution in [3.05, 3.63) is 35.9 Å². The normalized spacial score (nSPS) is 31.2. The molecule has 1 nitrogen and oxygen atoms in total. The molecule has 0 radical (unpaired) electrons. The highest BCUT2D eigenvalue weighted by molar-refractivity contribution is 5.28. The lowest BCUT2D eigenvalue weighted by atomic mass is 9.70. The zero-order valence-corrected chi connectivity index (χ0v) is 10.4. The van der Waals surface area contributed by atoms with E-state index in [4.69, 9.17) is 0 Å². The van der Waals surface area contributed by atoms with E-state index in [1.54, 1.807) is 13.8 Å². The molecule has 0 aromatic heterocycles. The first-order chi connectivity index (χ1) is 7.43. The number of rotatable bonds is 2. The molecule has 2 rings (SSSR count). The van der Waals surface area contributed by atoms with Crippen LogP contribution in [0.3, 0.4) is 0 Å². The van der Waals surface area contributed by atoms with E-state index in [-0.39, 0.29) is 6.04 Å². The first kappa shape index (κ1) is 11.6. The summed E-state index contributed by atoms with van der Waals surface area (Å²) < 4.78 is 14.2. The minimum absolute atomic E-state index is 0.00935. The molecule has 0 unspecified atom stereocenters. The van der Waals surface area contributed by atoms with E-state index in [0.29, 0.717) is 12.0 Å². The van der Waals surface area contributed by atoms with Crippen LogP contribution in [-0.2, 0) is 0 Å². The Bertz CT molecular complexity index is 355. The number of likely N-dealkylation sites (tertiary alicyclic amines) is 1. The van der Waals surface area contributed by atoms with Gasteiger partial charge in [-0.1, -0.05) is 30.3 Å². The zero-order chi connectivity index (χ0) is 11.9. The summed E-state index contributed by atoms with van der Waals surface area (Å²) in [5.41, 5.74) is 0.103. The predicted octanol–water partition coefficient (Wildman–Crippen LogP) is 3.22. The molecule has 0 aliphatic carbocycles. The van der Waals surface area contributed by atoms with Crippen LogP contribution in [0.15, 0.2) is 30.3 Å². The Morgan fingerprint density at radius 3 is 2.25 bits per heavy atom. The molecule has 88 valence electrons. The highest BCUT2D eigenvalue weighted by Gasteiger charge is 2.51. The summed E-state index contributed by atoms with van der Waals surface area (Å²) in [6.07, 6.45) is 0. The van der Waals surface area contributed by atoms with Gasteiger partial charge in [-0.3, -0.25) is 4.90 Å². The molecule has 0 amide bonds. The number of likely N-dealkylation sites (N-methyl/N-ethyl adjacent to an activating group) is 1. The maximum atomic E-state index is 14.2. The third kappa shape index (κ3) is 1.75. The first-order valence-corrected chi connectivity index (χ1v) is 5.88. The van der Waals surface area contributed by atoms with Crippen molar-refractivity contribution in [1.29, 1.82) is 0 Å². The lowest BCUT2D eigenvalue weighted by Crippen LogP contribution is -2.65. The van der Waals surface area contributed by atoms with Gasteiger partial charge in [-0.2, -0.15) is 0 Å². The molecule has 0 N–H and O–H groups in total. The largest absolute Gasteiger partial charge is 0.296 e.